The fourth-order valence-corrected chi connectivity index (χ4v) is 4.48. The highest BCUT2D eigenvalue weighted by molar-refractivity contribution is 9.10. The van der Waals surface area contributed by atoms with Gasteiger partial charge in [0.2, 0.25) is 0 Å². The molecule has 6 heteroatoms. The fraction of sp³-hybridized carbons (Fsp3) is 0.308. The van der Waals surface area contributed by atoms with Crippen molar-refractivity contribution in [2.45, 2.75) is 26.9 Å². The number of fused-ring (bicyclic) bond motifs is 1. The second kappa shape index (κ2) is 5.36. The zero-order chi connectivity index (χ0) is 13.4. The third-order valence-electron chi connectivity index (χ3n) is 3.04. The van der Waals surface area contributed by atoms with Crippen molar-refractivity contribution in [2.75, 3.05) is 0 Å². The van der Waals surface area contributed by atoms with Crippen molar-refractivity contribution in [3.8, 4) is 0 Å². The summed E-state index contributed by atoms with van der Waals surface area (Å²) in [4.78, 5) is 7.03. The van der Waals surface area contributed by atoms with Crippen LogP contribution in [-0.2, 0) is 13.1 Å². The van der Waals surface area contributed by atoms with E-state index in [-0.39, 0.29) is 0 Å². The van der Waals surface area contributed by atoms with E-state index in [0.717, 1.165) is 28.2 Å². The third-order valence-corrected chi connectivity index (χ3v) is 5.68. The molecule has 0 amide bonds. The second-order valence-electron chi connectivity index (χ2n) is 4.47. The van der Waals surface area contributed by atoms with Crippen LogP contribution in [0.2, 0.25) is 0 Å². The zero-order valence-corrected chi connectivity index (χ0v) is 14.0. The van der Waals surface area contributed by atoms with Gasteiger partial charge < -0.3 is 5.32 Å². The molecule has 0 bridgehead atoms. The molecular formula is C13H14BrN3S2. The van der Waals surface area contributed by atoms with Gasteiger partial charge in [-0.15, -0.1) is 22.7 Å². The highest BCUT2D eigenvalue weighted by atomic mass is 79.9. The first-order valence-electron chi connectivity index (χ1n) is 6.01. The van der Waals surface area contributed by atoms with Gasteiger partial charge in [0.1, 0.15) is 0 Å². The number of hydrogen-bond donors (Lipinski definition) is 1. The van der Waals surface area contributed by atoms with Gasteiger partial charge in [-0.05, 0) is 35.8 Å². The Kier molecular flexibility index (Phi) is 3.75. The number of imidazole rings is 1. The Morgan fingerprint density at radius 1 is 1.26 bits per heavy atom. The van der Waals surface area contributed by atoms with Crippen LogP contribution in [0.15, 0.2) is 21.3 Å². The summed E-state index contributed by atoms with van der Waals surface area (Å²) >= 11 is 6.95. The number of aryl methyl sites for hydroxylation is 2. The summed E-state index contributed by atoms with van der Waals surface area (Å²) in [6.07, 6.45) is 0. The SMILES string of the molecule is Cc1nc2scc(C)n2c1CNCc1cc(Br)cs1. The van der Waals surface area contributed by atoms with Crippen molar-refractivity contribution < 1.29 is 0 Å². The van der Waals surface area contributed by atoms with Gasteiger partial charge in [0.25, 0.3) is 0 Å². The molecule has 0 saturated carbocycles. The van der Waals surface area contributed by atoms with Gasteiger partial charge in [0.15, 0.2) is 4.96 Å². The number of thiazole rings is 1. The number of halogens is 1. The van der Waals surface area contributed by atoms with E-state index in [2.05, 4.69) is 61.3 Å². The lowest BCUT2D eigenvalue weighted by molar-refractivity contribution is 0.677. The Morgan fingerprint density at radius 2 is 2.11 bits per heavy atom. The predicted octanol–water partition coefficient (Wildman–Crippen LogP) is 4.13. The average Bonchev–Trinajstić information content (AvgIpc) is 3.01. The highest BCUT2D eigenvalue weighted by Crippen LogP contribution is 2.21. The second-order valence-corrected chi connectivity index (χ2v) is 7.22. The van der Waals surface area contributed by atoms with Crippen LogP contribution < -0.4 is 5.32 Å². The van der Waals surface area contributed by atoms with Gasteiger partial charge in [-0.2, -0.15) is 0 Å². The molecule has 3 rings (SSSR count). The molecule has 0 fully saturated rings. The van der Waals surface area contributed by atoms with Crippen LogP contribution in [0.25, 0.3) is 4.96 Å². The normalized spacial score (nSPS) is 11.5. The molecule has 0 aliphatic heterocycles. The van der Waals surface area contributed by atoms with Crippen LogP contribution in [0.3, 0.4) is 0 Å². The smallest absolute Gasteiger partial charge is 0.194 e. The lowest BCUT2D eigenvalue weighted by atomic mass is 10.3. The molecule has 0 radical (unpaired) electrons. The summed E-state index contributed by atoms with van der Waals surface area (Å²) in [5.41, 5.74) is 3.65. The minimum absolute atomic E-state index is 0.847. The third kappa shape index (κ3) is 2.63. The Hall–Kier alpha value is -0.690. The number of hydrogen-bond acceptors (Lipinski definition) is 4. The van der Waals surface area contributed by atoms with Crippen LogP contribution in [0.4, 0.5) is 0 Å². The molecule has 0 saturated heterocycles. The Balaban J connectivity index is 1.74. The van der Waals surface area contributed by atoms with Crippen molar-refractivity contribution >= 4 is 43.6 Å². The minimum Gasteiger partial charge on any atom is -0.306 e. The van der Waals surface area contributed by atoms with Gasteiger partial charge in [-0.3, -0.25) is 4.40 Å². The lowest BCUT2D eigenvalue weighted by Gasteiger charge is -2.04. The van der Waals surface area contributed by atoms with Gasteiger partial charge in [0, 0.05) is 38.9 Å². The predicted molar refractivity (Wildman–Crippen MR) is 85.1 cm³/mol. The van der Waals surface area contributed by atoms with E-state index >= 15 is 0 Å². The molecule has 3 aromatic rings. The van der Waals surface area contributed by atoms with E-state index in [1.165, 1.54) is 16.3 Å². The first-order chi connectivity index (χ1) is 9.15. The van der Waals surface area contributed by atoms with Crippen molar-refractivity contribution in [1.29, 1.82) is 0 Å². The van der Waals surface area contributed by atoms with E-state index < -0.39 is 0 Å². The standard InChI is InChI=1S/C13H14BrN3S2/c1-8-6-19-13-16-9(2)12(17(8)13)5-15-4-11-3-10(14)7-18-11/h3,6-7,15H,4-5H2,1-2H3. The van der Waals surface area contributed by atoms with E-state index in [0.29, 0.717) is 0 Å². The first-order valence-corrected chi connectivity index (χ1v) is 8.56. The summed E-state index contributed by atoms with van der Waals surface area (Å²) in [7, 11) is 0. The number of nitrogens with one attached hydrogen (secondary N) is 1. The summed E-state index contributed by atoms with van der Waals surface area (Å²) in [6, 6.07) is 2.16. The van der Waals surface area contributed by atoms with Gasteiger partial charge in [-0.25, -0.2) is 4.98 Å². The molecule has 0 aromatic carbocycles. The van der Waals surface area contributed by atoms with E-state index in [1.54, 1.807) is 22.7 Å². The molecule has 3 aromatic heterocycles. The zero-order valence-electron chi connectivity index (χ0n) is 10.7. The molecule has 3 heterocycles. The van der Waals surface area contributed by atoms with Crippen LogP contribution >= 0.6 is 38.6 Å². The van der Waals surface area contributed by atoms with Crippen molar-refractivity contribution in [3.63, 3.8) is 0 Å². The van der Waals surface area contributed by atoms with Gasteiger partial charge in [0.05, 0.1) is 11.4 Å². The van der Waals surface area contributed by atoms with Crippen molar-refractivity contribution in [2.24, 2.45) is 0 Å². The molecular weight excluding hydrogens is 342 g/mol. The first kappa shape index (κ1) is 13.3. The number of aromatic nitrogens is 2. The summed E-state index contributed by atoms with van der Waals surface area (Å²) in [5, 5.41) is 7.77. The summed E-state index contributed by atoms with van der Waals surface area (Å²) < 4.78 is 3.41. The molecule has 100 valence electrons. The summed E-state index contributed by atoms with van der Waals surface area (Å²) in [5.74, 6) is 0. The van der Waals surface area contributed by atoms with Crippen LogP contribution in [-0.4, -0.2) is 9.38 Å². The molecule has 0 spiro atoms. The summed E-state index contributed by atoms with van der Waals surface area (Å²) in [6.45, 7) is 5.95. The molecule has 0 unspecified atom stereocenters. The minimum atomic E-state index is 0.847. The van der Waals surface area contributed by atoms with Crippen molar-refractivity contribution in [1.82, 2.24) is 14.7 Å². The van der Waals surface area contributed by atoms with Crippen molar-refractivity contribution in [3.05, 3.63) is 43.3 Å². The van der Waals surface area contributed by atoms with Gasteiger partial charge in [-0.1, -0.05) is 0 Å². The highest BCUT2D eigenvalue weighted by Gasteiger charge is 2.11. The topological polar surface area (TPSA) is 29.3 Å². The molecule has 19 heavy (non-hydrogen) atoms. The lowest BCUT2D eigenvalue weighted by Crippen LogP contribution is -2.14. The van der Waals surface area contributed by atoms with Crippen LogP contribution in [0, 0.1) is 13.8 Å². The molecule has 3 nitrogen and oxygen atoms in total. The Labute approximate surface area is 128 Å². The van der Waals surface area contributed by atoms with Gasteiger partial charge >= 0.3 is 0 Å². The molecule has 0 atom stereocenters. The van der Waals surface area contributed by atoms with Crippen LogP contribution in [0.1, 0.15) is 22.0 Å². The number of rotatable bonds is 4. The van der Waals surface area contributed by atoms with Crippen LogP contribution in [0.5, 0.6) is 0 Å². The molecule has 0 aliphatic rings. The number of nitrogens with zero attached hydrogens (tertiary/aromatic N) is 2. The molecule has 1 N–H and O–H groups in total. The average molecular weight is 356 g/mol. The van der Waals surface area contributed by atoms with E-state index in [4.69, 9.17) is 0 Å². The van der Waals surface area contributed by atoms with E-state index in [1.807, 2.05) is 0 Å². The molecule has 0 aliphatic carbocycles. The Morgan fingerprint density at radius 3 is 2.84 bits per heavy atom. The maximum atomic E-state index is 4.60. The Bertz CT molecular complexity index is 711. The maximum Gasteiger partial charge on any atom is 0.194 e. The monoisotopic (exact) mass is 355 g/mol. The quantitative estimate of drug-likeness (QED) is 0.762. The fourth-order valence-electron chi connectivity index (χ4n) is 2.13. The van der Waals surface area contributed by atoms with E-state index in [9.17, 15) is 0 Å². The number of thiophene rings is 1. The largest absolute Gasteiger partial charge is 0.306 e. The maximum absolute atomic E-state index is 4.60.